The molecule has 0 amide bonds. The van der Waals surface area contributed by atoms with Crippen LogP contribution < -0.4 is 5.32 Å². The zero-order valence-electron chi connectivity index (χ0n) is 8.32. The minimum Gasteiger partial charge on any atom is -0.385 e. The molecule has 1 aromatic heterocycles. The smallest absolute Gasteiger partial charge is 0.265 e. The highest BCUT2D eigenvalue weighted by Gasteiger charge is 2.16. The zero-order chi connectivity index (χ0) is 11.3. The number of alkyl halides is 2. The third-order valence-corrected chi connectivity index (χ3v) is 1.87. The van der Waals surface area contributed by atoms with Gasteiger partial charge in [0.1, 0.15) is 18.2 Å². The Labute approximate surface area is 86.4 Å². The van der Waals surface area contributed by atoms with Crippen LogP contribution in [0.1, 0.15) is 12.6 Å². The van der Waals surface area contributed by atoms with E-state index in [9.17, 15) is 8.78 Å². The molecule has 0 fully saturated rings. The second-order valence-electron chi connectivity index (χ2n) is 3.03. The van der Waals surface area contributed by atoms with Gasteiger partial charge in [0.05, 0.1) is 0 Å². The Balaban J connectivity index is 2.50. The SMILES string of the molecule is CCc1cc(NCC(O)C(F)F)ncn1. The number of hydrogen-bond donors (Lipinski definition) is 2. The number of hydrogen-bond acceptors (Lipinski definition) is 4. The van der Waals surface area contributed by atoms with E-state index in [1.807, 2.05) is 6.92 Å². The number of aromatic nitrogens is 2. The standard InChI is InChI=1S/C9H13F2N3O/c1-2-6-3-8(14-5-13-6)12-4-7(15)9(10)11/h3,5,7,9,15H,2,4H2,1H3,(H,12,13,14). The first-order chi connectivity index (χ1) is 7.13. The number of aryl methyl sites for hydroxylation is 1. The van der Waals surface area contributed by atoms with E-state index >= 15 is 0 Å². The molecule has 0 saturated carbocycles. The first kappa shape index (κ1) is 11.8. The van der Waals surface area contributed by atoms with Crippen LogP contribution in [0.25, 0.3) is 0 Å². The van der Waals surface area contributed by atoms with Crippen molar-refractivity contribution in [1.82, 2.24) is 9.97 Å². The Morgan fingerprint density at radius 1 is 1.47 bits per heavy atom. The molecule has 6 heteroatoms. The molecule has 2 N–H and O–H groups in total. The summed E-state index contributed by atoms with van der Waals surface area (Å²) in [5, 5.41) is 11.5. The monoisotopic (exact) mass is 217 g/mol. The van der Waals surface area contributed by atoms with Crippen molar-refractivity contribution in [2.45, 2.75) is 25.9 Å². The number of aliphatic hydroxyl groups excluding tert-OH is 1. The lowest BCUT2D eigenvalue weighted by Gasteiger charge is -2.11. The Morgan fingerprint density at radius 2 is 2.20 bits per heavy atom. The molecule has 0 aromatic carbocycles. The molecule has 84 valence electrons. The van der Waals surface area contributed by atoms with E-state index in [2.05, 4.69) is 15.3 Å². The summed E-state index contributed by atoms with van der Waals surface area (Å²) in [6, 6.07) is 1.66. The van der Waals surface area contributed by atoms with Crippen molar-refractivity contribution in [2.75, 3.05) is 11.9 Å². The Kier molecular flexibility index (Phi) is 4.36. The molecular weight excluding hydrogens is 204 g/mol. The van der Waals surface area contributed by atoms with Crippen molar-refractivity contribution in [1.29, 1.82) is 0 Å². The van der Waals surface area contributed by atoms with Crippen molar-refractivity contribution in [3.63, 3.8) is 0 Å². The van der Waals surface area contributed by atoms with Gasteiger partial charge >= 0.3 is 0 Å². The average molecular weight is 217 g/mol. The van der Waals surface area contributed by atoms with Crippen LogP contribution >= 0.6 is 0 Å². The van der Waals surface area contributed by atoms with Gasteiger partial charge in [0.15, 0.2) is 0 Å². The predicted octanol–water partition coefficient (Wildman–Crippen LogP) is 1.08. The third-order valence-electron chi connectivity index (χ3n) is 1.87. The summed E-state index contributed by atoms with van der Waals surface area (Å²) in [7, 11) is 0. The highest BCUT2D eigenvalue weighted by molar-refractivity contribution is 5.34. The molecule has 0 saturated heterocycles. The summed E-state index contributed by atoms with van der Waals surface area (Å²) >= 11 is 0. The van der Waals surface area contributed by atoms with E-state index < -0.39 is 12.5 Å². The van der Waals surface area contributed by atoms with Crippen LogP contribution in [0.5, 0.6) is 0 Å². The minimum atomic E-state index is -2.75. The molecule has 0 spiro atoms. The molecule has 4 nitrogen and oxygen atoms in total. The second-order valence-corrected chi connectivity index (χ2v) is 3.03. The second kappa shape index (κ2) is 5.55. The number of aliphatic hydroxyl groups is 1. The molecule has 1 aromatic rings. The fourth-order valence-corrected chi connectivity index (χ4v) is 0.986. The van der Waals surface area contributed by atoms with Gasteiger partial charge in [-0.15, -0.1) is 0 Å². The Morgan fingerprint density at radius 3 is 2.80 bits per heavy atom. The van der Waals surface area contributed by atoms with Gasteiger partial charge in [0, 0.05) is 18.3 Å². The van der Waals surface area contributed by atoms with E-state index in [1.54, 1.807) is 6.07 Å². The van der Waals surface area contributed by atoms with Crippen molar-refractivity contribution >= 4 is 5.82 Å². The summed E-state index contributed by atoms with van der Waals surface area (Å²) in [6.45, 7) is 1.71. The molecule has 0 aliphatic heterocycles. The molecule has 0 aliphatic rings. The predicted molar refractivity (Wildman–Crippen MR) is 51.9 cm³/mol. The quantitative estimate of drug-likeness (QED) is 0.774. The maximum atomic E-state index is 12.0. The summed E-state index contributed by atoms with van der Waals surface area (Å²) in [5.41, 5.74) is 0.819. The van der Waals surface area contributed by atoms with Crippen LogP contribution in [-0.2, 0) is 6.42 Å². The highest BCUT2D eigenvalue weighted by atomic mass is 19.3. The van der Waals surface area contributed by atoms with E-state index in [1.165, 1.54) is 6.33 Å². The average Bonchev–Trinajstić information content (AvgIpc) is 2.26. The van der Waals surface area contributed by atoms with E-state index in [4.69, 9.17) is 5.11 Å². The molecule has 1 unspecified atom stereocenters. The van der Waals surface area contributed by atoms with Gasteiger partial charge in [-0.1, -0.05) is 6.92 Å². The normalized spacial score (nSPS) is 12.9. The molecule has 1 rings (SSSR count). The fraction of sp³-hybridized carbons (Fsp3) is 0.556. The van der Waals surface area contributed by atoms with Crippen LogP contribution in [-0.4, -0.2) is 34.1 Å². The lowest BCUT2D eigenvalue weighted by Crippen LogP contribution is -2.27. The van der Waals surface area contributed by atoms with Crippen LogP contribution in [0.4, 0.5) is 14.6 Å². The van der Waals surface area contributed by atoms with Gasteiger partial charge in [-0.2, -0.15) is 0 Å². The minimum absolute atomic E-state index is 0.224. The summed E-state index contributed by atoms with van der Waals surface area (Å²) < 4.78 is 23.9. The third kappa shape index (κ3) is 3.75. The van der Waals surface area contributed by atoms with Gasteiger partial charge in [0.2, 0.25) is 0 Å². The molecule has 15 heavy (non-hydrogen) atoms. The van der Waals surface area contributed by atoms with Gasteiger partial charge in [-0.3, -0.25) is 0 Å². The Bertz CT molecular complexity index is 309. The largest absolute Gasteiger partial charge is 0.385 e. The maximum Gasteiger partial charge on any atom is 0.265 e. The number of anilines is 1. The van der Waals surface area contributed by atoms with Crippen LogP contribution in [0.2, 0.25) is 0 Å². The van der Waals surface area contributed by atoms with Crippen LogP contribution in [0.15, 0.2) is 12.4 Å². The Hall–Kier alpha value is -1.30. The van der Waals surface area contributed by atoms with Crippen molar-refractivity contribution in [3.05, 3.63) is 18.1 Å². The lowest BCUT2D eigenvalue weighted by molar-refractivity contribution is 0.00380. The highest BCUT2D eigenvalue weighted by Crippen LogP contribution is 2.06. The van der Waals surface area contributed by atoms with Crippen LogP contribution in [0, 0.1) is 0 Å². The van der Waals surface area contributed by atoms with Crippen molar-refractivity contribution in [3.8, 4) is 0 Å². The van der Waals surface area contributed by atoms with Gasteiger partial charge in [-0.05, 0) is 6.42 Å². The summed E-state index contributed by atoms with van der Waals surface area (Å²) in [5.74, 6) is 0.446. The number of nitrogens with zero attached hydrogens (tertiary/aromatic N) is 2. The number of nitrogens with one attached hydrogen (secondary N) is 1. The summed E-state index contributed by atoms with van der Waals surface area (Å²) in [4.78, 5) is 7.80. The van der Waals surface area contributed by atoms with Crippen molar-refractivity contribution in [2.24, 2.45) is 0 Å². The fourth-order valence-electron chi connectivity index (χ4n) is 0.986. The zero-order valence-corrected chi connectivity index (χ0v) is 8.32. The molecular formula is C9H13F2N3O. The van der Waals surface area contributed by atoms with Gasteiger partial charge in [-0.25, -0.2) is 18.7 Å². The van der Waals surface area contributed by atoms with E-state index in [0.717, 1.165) is 12.1 Å². The number of rotatable bonds is 5. The lowest BCUT2D eigenvalue weighted by atomic mass is 10.3. The summed E-state index contributed by atoms with van der Waals surface area (Å²) in [6.07, 6.45) is -2.32. The van der Waals surface area contributed by atoms with E-state index in [-0.39, 0.29) is 6.54 Å². The molecule has 1 heterocycles. The maximum absolute atomic E-state index is 12.0. The van der Waals surface area contributed by atoms with Gasteiger partial charge in [0.25, 0.3) is 6.43 Å². The van der Waals surface area contributed by atoms with Gasteiger partial charge < -0.3 is 10.4 Å². The first-order valence-electron chi connectivity index (χ1n) is 4.64. The topological polar surface area (TPSA) is 58.0 Å². The molecule has 1 atom stereocenters. The number of halogens is 2. The first-order valence-corrected chi connectivity index (χ1v) is 4.64. The molecule has 0 radical (unpaired) electrons. The van der Waals surface area contributed by atoms with Crippen LogP contribution in [0.3, 0.4) is 0 Å². The molecule has 0 bridgehead atoms. The molecule has 0 aliphatic carbocycles. The van der Waals surface area contributed by atoms with Crippen molar-refractivity contribution < 1.29 is 13.9 Å². The van der Waals surface area contributed by atoms with E-state index in [0.29, 0.717) is 5.82 Å².